The molecule has 0 aliphatic carbocycles. The molecule has 7 heteroatoms. The zero-order valence-corrected chi connectivity index (χ0v) is 16.3. The van der Waals surface area contributed by atoms with E-state index in [4.69, 9.17) is 0 Å². The summed E-state index contributed by atoms with van der Waals surface area (Å²) in [6.07, 6.45) is 0.782. The van der Waals surface area contributed by atoms with Crippen LogP contribution >= 0.6 is 11.8 Å². The molecule has 3 rings (SSSR count). The molecule has 6 nitrogen and oxygen atoms in total. The Morgan fingerprint density at radius 3 is 2.29 bits per heavy atom. The summed E-state index contributed by atoms with van der Waals surface area (Å²) in [5, 5.41) is 15.2. The quantitative estimate of drug-likeness (QED) is 0.718. The smallest absolute Gasteiger partial charge is 0.329 e. The van der Waals surface area contributed by atoms with Gasteiger partial charge in [0.1, 0.15) is 5.54 Å². The van der Waals surface area contributed by atoms with Crippen LogP contribution in [0.2, 0.25) is 0 Å². The third-order valence-corrected chi connectivity index (χ3v) is 5.88. The first-order valence-electron chi connectivity index (χ1n) is 9.02. The van der Waals surface area contributed by atoms with Crippen LogP contribution in [0.5, 0.6) is 0 Å². The van der Waals surface area contributed by atoms with Crippen LogP contribution in [0.15, 0.2) is 48.5 Å². The monoisotopic (exact) mass is 398 g/mol. The number of carboxylic acids is 1. The number of hydrogen-bond donors (Lipinski definition) is 3. The Morgan fingerprint density at radius 2 is 1.64 bits per heavy atom. The third kappa shape index (κ3) is 4.36. The van der Waals surface area contributed by atoms with Crippen LogP contribution in [0.4, 0.5) is 5.69 Å². The molecule has 1 aliphatic rings. The molecule has 2 amide bonds. The largest absolute Gasteiger partial charge is 0.480 e. The van der Waals surface area contributed by atoms with E-state index in [2.05, 4.69) is 10.6 Å². The molecule has 0 aromatic heterocycles. The molecule has 146 valence electrons. The number of carboxylic acid groups (broad SMARTS) is 1. The lowest BCUT2D eigenvalue weighted by Gasteiger charge is -2.33. The van der Waals surface area contributed by atoms with E-state index in [1.54, 1.807) is 54.2 Å². The minimum Gasteiger partial charge on any atom is -0.480 e. The highest BCUT2D eigenvalue weighted by Gasteiger charge is 2.41. The molecule has 1 fully saturated rings. The molecule has 1 saturated heterocycles. The average Bonchev–Trinajstić information content (AvgIpc) is 2.70. The summed E-state index contributed by atoms with van der Waals surface area (Å²) >= 11 is 1.68. The van der Waals surface area contributed by atoms with Crippen molar-refractivity contribution in [1.82, 2.24) is 5.32 Å². The fourth-order valence-electron chi connectivity index (χ4n) is 3.08. The first-order chi connectivity index (χ1) is 13.4. The van der Waals surface area contributed by atoms with E-state index >= 15 is 0 Å². The van der Waals surface area contributed by atoms with E-state index in [0.717, 1.165) is 5.56 Å². The van der Waals surface area contributed by atoms with E-state index in [1.165, 1.54) is 0 Å². The average molecular weight is 398 g/mol. The van der Waals surface area contributed by atoms with Gasteiger partial charge in [-0.1, -0.05) is 24.3 Å². The second-order valence-electron chi connectivity index (χ2n) is 6.80. The topological polar surface area (TPSA) is 95.5 Å². The van der Waals surface area contributed by atoms with E-state index in [-0.39, 0.29) is 5.91 Å². The van der Waals surface area contributed by atoms with Crippen molar-refractivity contribution in [2.24, 2.45) is 0 Å². The molecule has 3 N–H and O–H groups in total. The van der Waals surface area contributed by atoms with Gasteiger partial charge in [0.15, 0.2) is 0 Å². The predicted octanol–water partition coefficient (Wildman–Crippen LogP) is 3.33. The maximum Gasteiger partial charge on any atom is 0.329 e. The Bertz CT molecular complexity index is 893. The number of thioether (sulfide) groups is 1. The third-order valence-electron chi connectivity index (χ3n) is 4.89. The van der Waals surface area contributed by atoms with Crippen LogP contribution in [-0.4, -0.2) is 39.9 Å². The molecule has 0 radical (unpaired) electrons. The maximum absolute atomic E-state index is 12.7. The summed E-state index contributed by atoms with van der Waals surface area (Å²) in [5.74, 6) is -0.347. The molecule has 1 heterocycles. The van der Waals surface area contributed by atoms with Gasteiger partial charge in [0.25, 0.3) is 11.8 Å². The van der Waals surface area contributed by atoms with Crippen molar-refractivity contribution >= 4 is 35.2 Å². The first-order valence-corrected chi connectivity index (χ1v) is 10.2. The SMILES string of the molecule is Cc1ccc(C(=O)NC2(C(=O)O)CCSCC2)cc1NC(=O)c1ccccc1. The first kappa shape index (κ1) is 19.9. The minimum absolute atomic E-state index is 0.271. The Hall–Kier alpha value is -2.80. The number of amides is 2. The van der Waals surface area contributed by atoms with Crippen molar-refractivity contribution in [3.05, 3.63) is 65.2 Å². The van der Waals surface area contributed by atoms with Gasteiger partial charge in [-0.3, -0.25) is 9.59 Å². The molecule has 0 bridgehead atoms. The van der Waals surface area contributed by atoms with Crippen molar-refractivity contribution in [1.29, 1.82) is 0 Å². The van der Waals surface area contributed by atoms with Gasteiger partial charge >= 0.3 is 5.97 Å². The normalized spacial score (nSPS) is 15.5. The van der Waals surface area contributed by atoms with Crippen molar-refractivity contribution in [3.63, 3.8) is 0 Å². The van der Waals surface area contributed by atoms with Crippen molar-refractivity contribution in [3.8, 4) is 0 Å². The molecule has 1 aliphatic heterocycles. The summed E-state index contributed by atoms with van der Waals surface area (Å²) in [6.45, 7) is 1.83. The van der Waals surface area contributed by atoms with Gasteiger partial charge in [-0.2, -0.15) is 11.8 Å². The van der Waals surface area contributed by atoms with Gasteiger partial charge in [0.2, 0.25) is 0 Å². The number of carbonyl (C=O) groups is 3. The molecule has 0 saturated carbocycles. The zero-order chi connectivity index (χ0) is 20.1. The molecular weight excluding hydrogens is 376 g/mol. The number of aliphatic carboxylic acids is 1. The fourth-order valence-corrected chi connectivity index (χ4v) is 4.27. The standard InChI is InChI=1S/C21H22N2O4S/c1-14-7-8-16(13-17(14)22-18(24)15-5-3-2-4-6-15)19(25)23-21(20(26)27)9-11-28-12-10-21/h2-8,13H,9-12H2,1H3,(H,22,24)(H,23,25)(H,26,27). The number of anilines is 1. The number of benzene rings is 2. The van der Waals surface area contributed by atoms with E-state index in [1.807, 2.05) is 13.0 Å². The highest BCUT2D eigenvalue weighted by Crippen LogP contribution is 2.28. The highest BCUT2D eigenvalue weighted by molar-refractivity contribution is 7.99. The lowest BCUT2D eigenvalue weighted by molar-refractivity contribution is -0.144. The van der Waals surface area contributed by atoms with Gasteiger partial charge < -0.3 is 15.7 Å². The Kier molecular flexibility index (Phi) is 6.04. The van der Waals surface area contributed by atoms with Gasteiger partial charge in [0.05, 0.1) is 0 Å². The molecule has 2 aromatic carbocycles. The second kappa shape index (κ2) is 8.48. The van der Waals surface area contributed by atoms with Gasteiger partial charge in [0, 0.05) is 16.8 Å². The van der Waals surface area contributed by atoms with Gasteiger partial charge in [-0.25, -0.2) is 4.79 Å². The van der Waals surface area contributed by atoms with E-state index in [0.29, 0.717) is 41.2 Å². The summed E-state index contributed by atoms with van der Waals surface area (Å²) < 4.78 is 0. The Balaban J connectivity index is 1.79. The zero-order valence-electron chi connectivity index (χ0n) is 15.5. The molecular formula is C21H22N2O4S. The van der Waals surface area contributed by atoms with Gasteiger partial charge in [-0.05, 0) is 61.1 Å². The molecule has 0 unspecified atom stereocenters. The van der Waals surface area contributed by atoms with Crippen molar-refractivity contribution < 1.29 is 19.5 Å². The molecule has 0 atom stereocenters. The minimum atomic E-state index is -1.24. The number of hydrogen-bond acceptors (Lipinski definition) is 4. The van der Waals surface area contributed by atoms with Crippen LogP contribution in [0, 0.1) is 6.92 Å². The van der Waals surface area contributed by atoms with Crippen LogP contribution in [0.25, 0.3) is 0 Å². The van der Waals surface area contributed by atoms with Crippen LogP contribution in [-0.2, 0) is 4.79 Å². The van der Waals surface area contributed by atoms with Crippen LogP contribution in [0.1, 0.15) is 39.1 Å². The summed E-state index contributed by atoms with van der Waals surface area (Å²) in [4.78, 5) is 36.9. The summed E-state index contributed by atoms with van der Waals surface area (Å²) in [6, 6.07) is 13.8. The summed E-state index contributed by atoms with van der Waals surface area (Å²) in [7, 11) is 0. The van der Waals surface area contributed by atoms with Crippen LogP contribution < -0.4 is 10.6 Å². The van der Waals surface area contributed by atoms with E-state index in [9.17, 15) is 19.5 Å². The second-order valence-corrected chi connectivity index (χ2v) is 8.03. The Labute approximate surface area is 167 Å². The number of aryl methyl sites for hydroxylation is 1. The predicted molar refractivity (Wildman–Crippen MR) is 110 cm³/mol. The van der Waals surface area contributed by atoms with E-state index < -0.39 is 17.4 Å². The van der Waals surface area contributed by atoms with Gasteiger partial charge in [-0.15, -0.1) is 0 Å². The highest BCUT2D eigenvalue weighted by atomic mass is 32.2. The van der Waals surface area contributed by atoms with Crippen LogP contribution in [0.3, 0.4) is 0 Å². The summed E-state index contributed by atoms with van der Waals surface area (Å²) in [5.41, 5.74) is 0.919. The molecule has 28 heavy (non-hydrogen) atoms. The van der Waals surface area contributed by atoms with Crippen molar-refractivity contribution in [2.45, 2.75) is 25.3 Å². The lowest BCUT2D eigenvalue weighted by Crippen LogP contribution is -2.56. The lowest BCUT2D eigenvalue weighted by atomic mass is 9.91. The number of nitrogens with one attached hydrogen (secondary N) is 2. The Morgan fingerprint density at radius 1 is 0.964 bits per heavy atom. The fraction of sp³-hybridized carbons (Fsp3) is 0.286. The number of carbonyl (C=O) groups excluding carboxylic acids is 2. The maximum atomic E-state index is 12.7. The number of rotatable bonds is 5. The van der Waals surface area contributed by atoms with Crippen molar-refractivity contribution in [2.75, 3.05) is 16.8 Å². The molecule has 2 aromatic rings. The molecule has 0 spiro atoms.